The number of carbonyl (C=O) groups is 2. The molecule has 40 heavy (non-hydrogen) atoms. The monoisotopic (exact) mass is 555 g/mol. The van der Waals surface area contributed by atoms with E-state index in [4.69, 9.17) is 0 Å². The lowest BCUT2D eigenvalue weighted by molar-refractivity contribution is 0.0918. The van der Waals surface area contributed by atoms with Crippen LogP contribution in [-0.2, 0) is 22.1 Å². The maximum absolute atomic E-state index is 13.4. The number of hydrogen-bond donors (Lipinski definition) is 1. The molecule has 5 aromatic rings. The largest absolute Gasteiger partial charge is 0.348 e. The number of nitrogens with one attached hydrogen (secondary N) is 1. The van der Waals surface area contributed by atoms with Gasteiger partial charge in [-0.15, -0.1) is 0 Å². The van der Waals surface area contributed by atoms with Gasteiger partial charge in [0.1, 0.15) is 11.5 Å². The second-order valence-corrected chi connectivity index (χ2v) is 10.9. The predicted molar refractivity (Wildman–Crippen MR) is 145 cm³/mol. The normalized spacial score (nSPS) is 11.2. The first kappa shape index (κ1) is 26.5. The van der Waals surface area contributed by atoms with Crippen LogP contribution in [0.5, 0.6) is 0 Å². The molecule has 3 heterocycles. The van der Waals surface area contributed by atoms with Crippen molar-refractivity contribution in [1.82, 2.24) is 24.5 Å². The number of pyridine rings is 1. The highest BCUT2D eigenvalue weighted by molar-refractivity contribution is 7.90. The predicted octanol–water partition coefficient (Wildman–Crippen LogP) is 3.63. The molecule has 0 saturated carbocycles. The van der Waals surface area contributed by atoms with Crippen molar-refractivity contribution in [3.8, 4) is 11.8 Å². The van der Waals surface area contributed by atoms with Crippen LogP contribution in [0, 0.1) is 17.7 Å². The molecule has 0 fully saturated rings. The van der Waals surface area contributed by atoms with Gasteiger partial charge in [-0.1, -0.05) is 11.8 Å². The molecular formula is C29H22FN5O4S. The van der Waals surface area contributed by atoms with Crippen LogP contribution < -0.4 is 5.32 Å². The summed E-state index contributed by atoms with van der Waals surface area (Å²) in [6, 6.07) is 14.7. The van der Waals surface area contributed by atoms with E-state index in [-0.39, 0.29) is 34.2 Å². The Bertz CT molecular complexity index is 1920. The van der Waals surface area contributed by atoms with Gasteiger partial charge in [-0.3, -0.25) is 9.59 Å². The van der Waals surface area contributed by atoms with Crippen molar-refractivity contribution in [1.29, 1.82) is 0 Å². The number of carbonyl (C=O) groups excluding carboxylic acids is 2. The third kappa shape index (κ3) is 5.98. The highest BCUT2D eigenvalue weighted by atomic mass is 32.2. The third-order valence-electron chi connectivity index (χ3n) is 5.98. The van der Waals surface area contributed by atoms with Crippen LogP contribution in [0.3, 0.4) is 0 Å². The maximum atomic E-state index is 13.4. The average molecular weight is 556 g/mol. The summed E-state index contributed by atoms with van der Waals surface area (Å²) in [7, 11) is -3.97. The molecule has 0 saturated heterocycles. The molecule has 0 atom stereocenters. The molecule has 0 radical (unpaired) electrons. The van der Waals surface area contributed by atoms with Crippen molar-refractivity contribution >= 4 is 27.3 Å². The molecular weight excluding hydrogens is 533 g/mol. The standard InChI is InChI=1S/C29H22FN5O4S/c1-20(36)35-14-11-26(33-35)19-40(38,39)27-9-6-24(17-23(27)5-2-21-3-7-25(30)8-4-21)29(37)32-18-22-10-13-34-15-12-31-28(34)16-22/h3-4,6-17H,18-19H2,1H3,(H,32,37). The van der Waals surface area contributed by atoms with Crippen LogP contribution in [0.4, 0.5) is 4.39 Å². The van der Waals surface area contributed by atoms with Crippen LogP contribution in [-0.4, -0.2) is 39.4 Å². The summed E-state index contributed by atoms with van der Waals surface area (Å²) in [4.78, 5) is 28.7. The molecule has 0 bridgehead atoms. The lowest BCUT2D eigenvalue weighted by Gasteiger charge is -2.10. The first-order chi connectivity index (χ1) is 19.2. The molecule has 1 amide bonds. The van der Waals surface area contributed by atoms with Crippen molar-refractivity contribution < 1.29 is 22.4 Å². The van der Waals surface area contributed by atoms with Crippen LogP contribution >= 0.6 is 0 Å². The summed E-state index contributed by atoms with van der Waals surface area (Å²) in [6.07, 6.45) is 6.72. The Balaban J connectivity index is 1.44. The van der Waals surface area contributed by atoms with Gasteiger partial charge >= 0.3 is 0 Å². The second kappa shape index (κ2) is 11.0. The molecule has 11 heteroatoms. The van der Waals surface area contributed by atoms with E-state index in [0.717, 1.165) is 15.9 Å². The van der Waals surface area contributed by atoms with Crippen LogP contribution in [0.15, 0.2) is 90.3 Å². The summed E-state index contributed by atoms with van der Waals surface area (Å²) in [5, 5.41) is 6.84. The Morgan fingerprint density at radius 1 is 0.975 bits per heavy atom. The number of hydrogen-bond acceptors (Lipinski definition) is 6. The molecule has 0 aliphatic rings. The Morgan fingerprint density at radius 3 is 2.52 bits per heavy atom. The lowest BCUT2D eigenvalue weighted by atomic mass is 10.1. The van der Waals surface area contributed by atoms with Crippen molar-refractivity contribution in [2.45, 2.75) is 24.1 Å². The zero-order valence-electron chi connectivity index (χ0n) is 21.2. The van der Waals surface area contributed by atoms with E-state index >= 15 is 0 Å². The number of benzene rings is 2. The van der Waals surface area contributed by atoms with Crippen molar-refractivity contribution in [3.63, 3.8) is 0 Å². The van der Waals surface area contributed by atoms with Gasteiger partial charge < -0.3 is 9.72 Å². The summed E-state index contributed by atoms with van der Waals surface area (Å²) in [6.45, 7) is 1.55. The molecule has 2 aromatic carbocycles. The first-order valence-corrected chi connectivity index (χ1v) is 13.7. The smallest absolute Gasteiger partial charge is 0.251 e. The average Bonchev–Trinajstić information content (AvgIpc) is 3.60. The Morgan fingerprint density at radius 2 is 1.77 bits per heavy atom. The minimum absolute atomic E-state index is 0.0965. The van der Waals surface area contributed by atoms with E-state index in [1.54, 1.807) is 6.20 Å². The zero-order valence-corrected chi connectivity index (χ0v) is 22.0. The van der Waals surface area contributed by atoms with Crippen LogP contribution in [0.1, 0.15) is 44.5 Å². The zero-order chi connectivity index (χ0) is 28.3. The topological polar surface area (TPSA) is 115 Å². The maximum Gasteiger partial charge on any atom is 0.251 e. The van der Waals surface area contributed by atoms with Gasteiger partial charge in [-0.25, -0.2) is 22.5 Å². The Labute approximate surface area is 229 Å². The van der Waals surface area contributed by atoms with Crippen molar-refractivity contribution in [3.05, 3.63) is 119 Å². The van der Waals surface area contributed by atoms with Crippen molar-refractivity contribution in [2.24, 2.45) is 0 Å². The number of imidazole rings is 1. The van der Waals surface area contributed by atoms with Crippen LogP contribution in [0.2, 0.25) is 0 Å². The molecule has 3 aromatic heterocycles. The Kier molecular flexibility index (Phi) is 7.27. The summed E-state index contributed by atoms with van der Waals surface area (Å²) in [5.74, 6) is 3.99. The molecule has 200 valence electrons. The fourth-order valence-electron chi connectivity index (χ4n) is 3.95. The number of fused-ring (bicyclic) bond motifs is 1. The molecule has 1 N–H and O–H groups in total. The minimum atomic E-state index is -3.97. The Hall–Kier alpha value is -5.08. The number of halogens is 1. The fraction of sp³-hybridized carbons (Fsp3) is 0.103. The van der Waals surface area contributed by atoms with Gasteiger partial charge in [-0.2, -0.15) is 5.10 Å². The third-order valence-corrected chi connectivity index (χ3v) is 7.68. The van der Waals surface area contributed by atoms with Gasteiger partial charge in [0.25, 0.3) is 5.91 Å². The molecule has 9 nitrogen and oxygen atoms in total. The van der Waals surface area contributed by atoms with E-state index in [2.05, 4.69) is 27.2 Å². The van der Waals surface area contributed by atoms with E-state index in [1.165, 1.54) is 61.7 Å². The number of amides is 1. The molecule has 0 unspecified atom stereocenters. The van der Waals surface area contributed by atoms with Crippen molar-refractivity contribution in [2.75, 3.05) is 0 Å². The van der Waals surface area contributed by atoms with E-state index in [1.807, 2.05) is 28.9 Å². The van der Waals surface area contributed by atoms with Crippen LogP contribution in [0.25, 0.3) is 5.65 Å². The minimum Gasteiger partial charge on any atom is -0.348 e. The van der Waals surface area contributed by atoms with E-state index in [9.17, 15) is 22.4 Å². The molecule has 0 aliphatic carbocycles. The molecule has 0 spiro atoms. The fourth-order valence-corrected chi connectivity index (χ4v) is 5.37. The van der Waals surface area contributed by atoms with Gasteiger partial charge in [-0.05, 0) is 66.2 Å². The van der Waals surface area contributed by atoms with E-state index in [0.29, 0.717) is 5.56 Å². The quantitative estimate of drug-likeness (QED) is 0.320. The number of rotatable bonds is 6. The van der Waals surface area contributed by atoms with Gasteiger partial charge in [0.2, 0.25) is 5.91 Å². The highest BCUT2D eigenvalue weighted by Crippen LogP contribution is 2.22. The summed E-state index contributed by atoms with van der Waals surface area (Å²) >= 11 is 0. The number of sulfone groups is 1. The molecule has 0 aliphatic heterocycles. The number of nitrogens with zero attached hydrogens (tertiary/aromatic N) is 4. The first-order valence-electron chi connectivity index (χ1n) is 12.1. The summed E-state index contributed by atoms with van der Waals surface area (Å²) < 4.78 is 43.0. The van der Waals surface area contributed by atoms with Gasteiger partial charge in [0.15, 0.2) is 9.84 Å². The molecule has 5 rings (SSSR count). The number of aromatic nitrogens is 4. The summed E-state index contributed by atoms with van der Waals surface area (Å²) in [5.41, 5.74) is 2.55. The highest BCUT2D eigenvalue weighted by Gasteiger charge is 2.22. The van der Waals surface area contributed by atoms with Gasteiger partial charge in [0.05, 0.1) is 16.3 Å². The van der Waals surface area contributed by atoms with Gasteiger partial charge in [0, 0.05) is 54.9 Å². The SMILES string of the molecule is CC(=O)n1ccc(CS(=O)(=O)c2ccc(C(=O)NCc3ccn4ccnc4c3)cc2C#Cc2ccc(F)cc2)n1. The second-order valence-electron chi connectivity index (χ2n) is 8.91. The lowest BCUT2D eigenvalue weighted by Crippen LogP contribution is -2.23. The van der Waals surface area contributed by atoms with E-state index < -0.39 is 27.3 Å².